The van der Waals surface area contributed by atoms with Gasteiger partial charge in [0.25, 0.3) is 0 Å². The summed E-state index contributed by atoms with van der Waals surface area (Å²) in [6, 6.07) is 4.77. The van der Waals surface area contributed by atoms with E-state index in [1.54, 1.807) is 12.1 Å². The number of Topliss-reactive ketones (excluding diaryl/α,β-unsaturated/α-hetero) is 1. The predicted molar refractivity (Wildman–Crippen MR) is 74.9 cm³/mol. The van der Waals surface area contributed by atoms with Crippen LogP contribution in [0.15, 0.2) is 22.7 Å². The molecular weight excluding hydrogens is 297 g/mol. The standard InChI is InChI=1S/C14H19BrFNO/c1-3-14(4-2,9-17)13(18)7-10-5-6-11(15)8-12(10)16/h5-6,8H,3-4,7,9,17H2,1-2H3. The second kappa shape index (κ2) is 6.43. The highest BCUT2D eigenvalue weighted by Crippen LogP contribution is 2.28. The third kappa shape index (κ3) is 3.18. The number of ketones is 1. The summed E-state index contributed by atoms with van der Waals surface area (Å²) in [6.07, 6.45) is 1.49. The van der Waals surface area contributed by atoms with Gasteiger partial charge >= 0.3 is 0 Å². The first kappa shape index (κ1) is 15.3. The smallest absolute Gasteiger partial charge is 0.144 e. The van der Waals surface area contributed by atoms with E-state index in [0.29, 0.717) is 29.4 Å². The molecule has 0 aliphatic rings. The molecule has 0 aliphatic heterocycles. The van der Waals surface area contributed by atoms with Crippen molar-refractivity contribution in [1.82, 2.24) is 0 Å². The van der Waals surface area contributed by atoms with Gasteiger partial charge in [0.05, 0.1) is 0 Å². The molecule has 0 radical (unpaired) electrons. The van der Waals surface area contributed by atoms with Crippen molar-refractivity contribution in [1.29, 1.82) is 0 Å². The normalized spacial score (nSPS) is 11.6. The molecule has 1 rings (SSSR count). The molecule has 0 fully saturated rings. The van der Waals surface area contributed by atoms with Crippen molar-refractivity contribution in [3.05, 3.63) is 34.1 Å². The first-order valence-electron chi connectivity index (χ1n) is 6.16. The summed E-state index contributed by atoms with van der Waals surface area (Å²) < 4.78 is 14.4. The molecule has 1 aromatic rings. The van der Waals surface area contributed by atoms with Crippen molar-refractivity contribution in [3.63, 3.8) is 0 Å². The fourth-order valence-electron chi connectivity index (χ4n) is 2.07. The van der Waals surface area contributed by atoms with Crippen LogP contribution in [0.25, 0.3) is 0 Å². The maximum Gasteiger partial charge on any atom is 0.144 e. The van der Waals surface area contributed by atoms with Gasteiger partial charge < -0.3 is 5.73 Å². The lowest BCUT2D eigenvalue weighted by atomic mass is 9.76. The van der Waals surface area contributed by atoms with Crippen molar-refractivity contribution in [2.45, 2.75) is 33.1 Å². The van der Waals surface area contributed by atoms with E-state index in [9.17, 15) is 9.18 Å². The molecule has 1 aromatic carbocycles. The monoisotopic (exact) mass is 315 g/mol. The molecule has 100 valence electrons. The molecule has 4 heteroatoms. The Bertz CT molecular complexity index is 422. The summed E-state index contributed by atoms with van der Waals surface area (Å²) in [6.45, 7) is 4.22. The van der Waals surface area contributed by atoms with Crippen LogP contribution < -0.4 is 5.73 Å². The van der Waals surface area contributed by atoms with Gasteiger partial charge in [0.15, 0.2) is 0 Å². The summed E-state index contributed by atoms with van der Waals surface area (Å²) in [4.78, 5) is 12.3. The number of carbonyl (C=O) groups is 1. The van der Waals surface area contributed by atoms with Crippen LogP contribution in [-0.4, -0.2) is 12.3 Å². The molecule has 0 aliphatic carbocycles. The van der Waals surface area contributed by atoms with Crippen molar-refractivity contribution in [3.8, 4) is 0 Å². The molecule has 0 saturated heterocycles. The SMILES string of the molecule is CCC(CC)(CN)C(=O)Cc1ccc(Br)cc1F. The van der Waals surface area contributed by atoms with Crippen LogP contribution in [0.5, 0.6) is 0 Å². The number of carbonyl (C=O) groups excluding carboxylic acids is 1. The quantitative estimate of drug-likeness (QED) is 0.873. The minimum Gasteiger partial charge on any atom is -0.329 e. The summed E-state index contributed by atoms with van der Waals surface area (Å²) in [7, 11) is 0. The van der Waals surface area contributed by atoms with E-state index < -0.39 is 5.41 Å². The second-order valence-electron chi connectivity index (χ2n) is 4.53. The molecular formula is C14H19BrFNO. The lowest BCUT2D eigenvalue weighted by molar-refractivity contribution is -0.128. The molecule has 2 N–H and O–H groups in total. The molecule has 0 saturated carbocycles. The van der Waals surface area contributed by atoms with E-state index in [0.717, 1.165) is 0 Å². The van der Waals surface area contributed by atoms with E-state index in [1.807, 2.05) is 13.8 Å². The van der Waals surface area contributed by atoms with Gasteiger partial charge in [-0.1, -0.05) is 35.8 Å². The van der Waals surface area contributed by atoms with Crippen molar-refractivity contribution >= 4 is 21.7 Å². The highest BCUT2D eigenvalue weighted by Gasteiger charge is 2.33. The fraction of sp³-hybridized carbons (Fsp3) is 0.500. The zero-order valence-corrected chi connectivity index (χ0v) is 12.4. The Kier molecular flexibility index (Phi) is 5.47. The van der Waals surface area contributed by atoms with E-state index in [1.165, 1.54) is 6.07 Å². The third-order valence-corrected chi connectivity index (χ3v) is 4.20. The van der Waals surface area contributed by atoms with E-state index in [-0.39, 0.29) is 18.0 Å². The fourth-order valence-corrected chi connectivity index (χ4v) is 2.41. The summed E-state index contributed by atoms with van der Waals surface area (Å²) >= 11 is 3.20. The Hall–Kier alpha value is -0.740. The van der Waals surface area contributed by atoms with Crippen LogP contribution in [0, 0.1) is 11.2 Å². The molecule has 0 spiro atoms. The van der Waals surface area contributed by atoms with Crippen LogP contribution >= 0.6 is 15.9 Å². The van der Waals surface area contributed by atoms with Gasteiger partial charge in [0.2, 0.25) is 0 Å². The van der Waals surface area contributed by atoms with E-state index in [2.05, 4.69) is 15.9 Å². The van der Waals surface area contributed by atoms with Crippen molar-refractivity contribution in [2.24, 2.45) is 11.1 Å². The van der Waals surface area contributed by atoms with Gasteiger partial charge in [-0.25, -0.2) is 4.39 Å². The molecule has 0 aromatic heterocycles. The Morgan fingerprint density at radius 3 is 2.44 bits per heavy atom. The molecule has 0 amide bonds. The number of benzene rings is 1. The molecule has 0 heterocycles. The van der Waals surface area contributed by atoms with Gasteiger partial charge in [0.1, 0.15) is 11.6 Å². The number of rotatable bonds is 6. The summed E-state index contributed by atoms with van der Waals surface area (Å²) in [5.74, 6) is -0.327. The lowest BCUT2D eigenvalue weighted by Crippen LogP contribution is -2.38. The Labute approximate surface area is 116 Å². The topological polar surface area (TPSA) is 43.1 Å². The number of nitrogens with two attached hydrogens (primary N) is 1. The molecule has 0 bridgehead atoms. The average Bonchev–Trinajstić information content (AvgIpc) is 2.36. The van der Waals surface area contributed by atoms with Gasteiger partial charge in [-0.3, -0.25) is 4.79 Å². The number of hydrogen-bond donors (Lipinski definition) is 1. The largest absolute Gasteiger partial charge is 0.329 e. The zero-order valence-electron chi connectivity index (χ0n) is 10.8. The maximum atomic E-state index is 13.7. The van der Waals surface area contributed by atoms with Gasteiger partial charge in [0, 0.05) is 22.9 Å². The molecule has 0 atom stereocenters. The van der Waals surface area contributed by atoms with Crippen LogP contribution in [0.2, 0.25) is 0 Å². The predicted octanol–water partition coefficient (Wildman–Crippen LogP) is 3.46. The molecule has 0 unspecified atom stereocenters. The molecule has 18 heavy (non-hydrogen) atoms. The minimum atomic E-state index is -0.514. The second-order valence-corrected chi connectivity index (χ2v) is 5.44. The first-order valence-corrected chi connectivity index (χ1v) is 6.95. The Morgan fingerprint density at radius 1 is 1.39 bits per heavy atom. The minimum absolute atomic E-state index is 0.0243. The van der Waals surface area contributed by atoms with Crippen molar-refractivity contribution < 1.29 is 9.18 Å². The number of halogens is 2. The van der Waals surface area contributed by atoms with Gasteiger partial charge in [-0.2, -0.15) is 0 Å². The van der Waals surface area contributed by atoms with Gasteiger partial charge in [-0.15, -0.1) is 0 Å². The summed E-state index contributed by atoms with van der Waals surface area (Å²) in [5, 5.41) is 0. The summed E-state index contributed by atoms with van der Waals surface area (Å²) in [5.41, 5.74) is 5.64. The van der Waals surface area contributed by atoms with Crippen LogP contribution in [-0.2, 0) is 11.2 Å². The van der Waals surface area contributed by atoms with Crippen molar-refractivity contribution in [2.75, 3.05) is 6.54 Å². The molecule has 2 nitrogen and oxygen atoms in total. The Balaban J connectivity index is 2.93. The zero-order chi connectivity index (χ0) is 13.8. The highest BCUT2D eigenvalue weighted by molar-refractivity contribution is 9.10. The van der Waals surface area contributed by atoms with Crippen LogP contribution in [0.1, 0.15) is 32.3 Å². The number of hydrogen-bond acceptors (Lipinski definition) is 2. The average molecular weight is 316 g/mol. The van der Waals surface area contributed by atoms with Crippen LogP contribution in [0.4, 0.5) is 4.39 Å². The first-order chi connectivity index (χ1) is 8.49. The Morgan fingerprint density at radius 2 is 2.00 bits per heavy atom. The van der Waals surface area contributed by atoms with Gasteiger partial charge in [-0.05, 0) is 30.5 Å². The van der Waals surface area contributed by atoms with E-state index >= 15 is 0 Å². The van der Waals surface area contributed by atoms with E-state index in [4.69, 9.17) is 5.73 Å². The lowest BCUT2D eigenvalue weighted by Gasteiger charge is -2.28. The third-order valence-electron chi connectivity index (χ3n) is 3.70. The van der Waals surface area contributed by atoms with Crippen LogP contribution in [0.3, 0.4) is 0 Å². The highest BCUT2D eigenvalue weighted by atomic mass is 79.9. The maximum absolute atomic E-state index is 13.7.